The Labute approximate surface area is 187 Å². The van der Waals surface area contributed by atoms with Gasteiger partial charge in [0, 0.05) is 0 Å². The van der Waals surface area contributed by atoms with Crippen molar-refractivity contribution in [3.05, 3.63) is 152 Å². The molecule has 31 heavy (non-hydrogen) atoms. The fourth-order valence-corrected chi connectivity index (χ4v) is 3.06. The Morgan fingerprint density at radius 1 is 0.258 bits per heavy atom. The maximum Gasteiger partial charge on any atom is 0.139 e. The third kappa shape index (κ3) is 7.83. The average molecular weight is 398 g/mol. The van der Waals surface area contributed by atoms with Crippen molar-refractivity contribution >= 4 is 13.3 Å². The predicted octanol–water partition coefficient (Wildman–Crippen LogP) is 6.65. The molecule has 5 aromatic rings. The highest BCUT2D eigenvalue weighted by atomic mass is 14.0. The average Bonchev–Trinajstić information content (AvgIpc) is 2.87. The second-order valence-electron chi connectivity index (χ2n) is 7.12. The third-order valence-electron chi connectivity index (χ3n) is 4.70. The third-order valence-corrected chi connectivity index (χ3v) is 4.70. The Bertz CT molecular complexity index is 942. The zero-order valence-corrected chi connectivity index (χ0v) is 17.9. The van der Waals surface area contributed by atoms with Crippen LogP contribution in [0.15, 0.2) is 152 Å². The molecule has 0 amide bonds. The van der Waals surface area contributed by atoms with E-state index in [9.17, 15) is 0 Å². The van der Waals surface area contributed by atoms with Crippen LogP contribution in [0.1, 0.15) is 0 Å². The Kier molecular flexibility index (Phi) is 8.94. The van der Waals surface area contributed by atoms with Gasteiger partial charge in [0.1, 0.15) is 7.85 Å². The van der Waals surface area contributed by atoms with E-state index in [2.05, 4.69) is 117 Å². The maximum atomic E-state index is 2.12. The number of rotatable bonds is 2. The molecule has 0 heterocycles. The summed E-state index contributed by atoms with van der Waals surface area (Å²) in [6.07, 6.45) is 0. The van der Waals surface area contributed by atoms with Crippen LogP contribution in [0.2, 0.25) is 0 Å². The lowest BCUT2D eigenvalue weighted by atomic mass is 9.97. The lowest BCUT2D eigenvalue weighted by Crippen LogP contribution is -1.97. The fraction of sp³-hybridized carbons (Fsp3) is 0. The molecule has 0 nitrogen and oxygen atoms in total. The van der Waals surface area contributed by atoms with Gasteiger partial charge in [-0.05, 0) is 22.3 Å². The first-order valence-corrected chi connectivity index (χ1v) is 10.6. The molecule has 5 aromatic carbocycles. The molecule has 0 bridgehead atoms. The highest BCUT2D eigenvalue weighted by Crippen LogP contribution is 2.18. The summed E-state index contributed by atoms with van der Waals surface area (Å²) in [4.78, 5) is 0. The second-order valence-corrected chi connectivity index (χ2v) is 7.12. The highest BCUT2D eigenvalue weighted by molar-refractivity contribution is 6.32. The number of hydrogen-bond acceptors (Lipinski definition) is 0. The van der Waals surface area contributed by atoms with E-state index in [1.807, 2.05) is 42.5 Å². The van der Waals surface area contributed by atoms with Gasteiger partial charge in [-0.3, -0.25) is 0 Å². The molecule has 0 unspecified atom stereocenters. The van der Waals surface area contributed by atoms with Crippen LogP contribution < -0.4 is 5.46 Å². The van der Waals surface area contributed by atoms with Crippen molar-refractivity contribution in [2.75, 3.05) is 0 Å². The molecule has 150 valence electrons. The molecule has 0 aromatic heterocycles. The molecule has 0 spiro atoms. The second kappa shape index (κ2) is 12.7. The highest BCUT2D eigenvalue weighted by Gasteiger charge is 1.92. The lowest BCUT2D eigenvalue weighted by molar-refractivity contribution is 1.62. The standard InChI is InChI=1S/2C12H10.C6H7B/c2*1-3-7-11(8-4-1)12-9-5-2-6-10-12;7-6-4-2-1-3-5-6/h2*1-10H;1-5H,7H2. The van der Waals surface area contributed by atoms with Crippen LogP contribution in [0, 0.1) is 0 Å². The van der Waals surface area contributed by atoms with Crippen LogP contribution in [0.3, 0.4) is 0 Å². The zero-order valence-electron chi connectivity index (χ0n) is 17.9. The molecule has 0 saturated carbocycles. The topological polar surface area (TPSA) is 0 Å². The van der Waals surface area contributed by atoms with E-state index < -0.39 is 0 Å². The zero-order chi connectivity index (χ0) is 21.6. The van der Waals surface area contributed by atoms with E-state index in [4.69, 9.17) is 0 Å². The summed E-state index contributed by atoms with van der Waals surface area (Å²) in [5.41, 5.74) is 6.43. The Balaban J connectivity index is 0.000000137. The van der Waals surface area contributed by atoms with Gasteiger partial charge in [0.05, 0.1) is 0 Å². The van der Waals surface area contributed by atoms with Crippen molar-refractivity contribution in [3.63, 3.8) is 0 Å². The summed E-state index contributed by atoms with van der Waals surface area (Å²) in [5.74, 6) is 0. The van der Waals surface area contributed by atoms with Gasteiger partial charge in [-0.25, -0.2) is 0 Å². The smallest absolute Gasteiger partial charge is 0.0890 e. The predicted molar refractivity (Wildman–Crippen MR) is 138 cm³/mol. The van der Waals surface area contributed by atoms with Crippen molar-refractivity contribution in [2.24, 2.45) is 0 Å². The van der Waals surface area contributed by atoms with Gasteiger partial charge < -0.3 is 0 Å². The van der Waals surface area contributed by atoms with E-state index in [1.54, 1.807) is 0 Å². The molecule has 0 fully saturated rings. The fourth-order valence-electron chi connectivity index (χ4n) is 3.06. The van der Waals surface area contributed by atoms with Gasteiger partial charge in [0.2, 0.25) is 0 Å². The van der Waals surface area contributed by atoms with Gasteiger partial charge in [0.25, 0.3) is 0 Å². The van der Waals surface area contributed by atoms with Gasteiger partial charge in [0.15, 0.2) is 0 Å². The Morgan fingerprint density at radius 2 is 0.452 bits per heavy atom. The van der Waals surface area contributed by atoms with Crippen molar-refractivity contribution in [3.8, 4) is 22.3 Å². The maximum absolute atomic E-state index is 2.12. The van der Waals surface area contributed by atoms with E-state index >= 15 is 0 Å². The largest absolute Gasteiger partial charge is 0.139 e. The number of hydrogen-bond donors (Lipinski definition) is 0. The molecule has 0 aliphatic heterocycles. The van der Waals surface area contributed by atoms with Gasteiger partial charge in [-0.15, -0.1) is 0 Å². The molecule has 1 heteroatoms. The van der Waals surface area contributed by atoms with Crippen molar-refractivity contribution in [1.29, 1.82) is 0 Å². The molecular formula is C30H27B. The summed E-state index contributed by atoms with van der Waals surface area (Å²) >= 11 is 0. The van der Waals surface area contributed by atoms with Crippen LogP contribution in [0.5, 0.6) is 0 Å². The first kappa shape index (κ1) is 21.9. The monoisotopic (exact) mass is 398 g/mol. The lowest BCUT2D eigenvalue weighted by Gasteiger charge is -1.98. The minimum Gasteiger partial charge on any atom is -0.0890 e. The molecule has 0 atom stereocenters. The van der Waals surface area contributed by atoms with Crippen LogP contribution in [0.25, 0.3) is 22.3 Å². The summed E-state index contributed by atoms with van der Waals surface area (Å²) < 4.78 is 0. The van der Waals surface area contributed by atoms with Crippen LogP contribution in [-0.2, 0) is 0 Å². The molecule has 0 aliphatic carbocycles. The molecule has 0 saturated heterocycles. The summed E-state index contributed by atoms with van der Waals surface area (Å²) in [6, 6.07) is 51.8. The van der Waals surface area contributed by atoms with E-state index in [0.29, 0.717) is 0 Å². The minimum absolute atomic E-state index is 1.28. The van der Waals surface area contributed by atoms with Crippen molar-refractivity contribution in [2.45, 2.75) is 0 Å². The van der Waals surface area contributed by atoms with E-state index in [1.165, 1.54) is 27.7 Å². The Hall–Kier alpha value is -3.84. The Morgan fingerprint density at radius 3 is 0.613 bits per heavy atom. The molecular weight excluding hydrogens is 371 g/mol. The first-order chi connectivity index (χ1) is 15.3. The SMILES string of the molecule is Bc1ccccc1.c1ccc(-c2ccccc2)cc1.c1ccc(-c2ccccc2)cc1. The summed E-state index contributed by atoms with van der Waals surface area (Å²) in [5, 5.41) is 0. The van der Waals surface area contributed by atoms with Crippen molar-refractivity contribution in [1.82, 2.24) is 0 Å². The normalized spacial score (nSPS) is 9.42. The van der Waals surface area contributed by atoms with Gasteiger partial charge in [-0.1, -0.05) is 157 Å². The minimum atomic E-state index is 1.28. The molecule has 0 radical (unpaired) electrons. The van der Waals surface area contributed by atoms with Crippen LogP contribution >= 0.6 is 0 Å². The van der Waals surface area contributed by atoms with E-state index in [-0.39, 0.29) is 0 Å². The first-order valence-electron chi connectivity index (χ1n) is 10.6. The molecule has 0 aliphatic rings. The summed E-state index contributed by atoms with van der Waals surface area (Å²) in [6.45, 7) is 0. The van der Waals surface area contributed by atoms with E-state index in [0.717, 1.165) is 0 Å². The number of benzene rings is 5. The molecule has 5 rings (SSSR count). The van der Waals surface area contributed by atoms with Crippen LogP contribution in [-0.4, -0.2) is 7.85 Å². The van der Waals surface area contributed by atoms with Crippen molar-refractivity contribution < 1.29 is 0 Å². The van der Waals surface area contributed by atoms with Gasteiger partial charge in [-0.2, -0.15) is 0 Å². The summed E-state index contributed by atoms with van der Waals surface area (Å²) in [7, 11) is 2.08. The quantitative estimate of drug-likeness (QED) is 0.292. The van der Waals surface area contributed by atoms with Gasteiger partial charge >= 0.3 is 0 Å². The van der Waals surface area contributed by atoms with Crippen LogP contribution in [0.4, 0.5) is 0 Å². The molecule has 0 N–H and O–H groups in total.